The molecule has 23 heavy (non-hydrogen) atoms. The second kappa shape index (κ2) is 6.59. The lowest BCUT2D eigenvalue weighted by Crippen LogP contribution is -2.42. The van der Waals surface area contributed by atoms with E-state index in [1.165, 1.54) is 0 Å². The van der Waals surface area contributed by atoms with Crippen molar-refractivity contribution in [1.29, 1.82) is 0 Å². The molecular weight excluding hydrogens is 292 g/mol. The molecule has 0 bridgehead atoms. The Balaban J connectivity index is 0.00000156. The molecule has 1 aromatic heterocycles. The highest BCUT2D eigenvalue weighted by Crippen LogP contribution is 2.32. The highest BCUT2D eigenvalue weighted by molar-refractivity contribution is 6.06. The summed E-state index contributed by atoms with van der Waals surface area (Å²) >= 11 is 0. The normalized spacial score (nSPS) is 13.8. The number of amidine groups is 1. The molecule has 0 saturated heterocycles. The molecule has 1 aromatic carbocycles. The summed E-state index contributed by atoms with van der Waals surface area (Å²) in [5, 5.41) is 6.58. The number of fused-ring (bicyclic) bond motifs is 2. The summed E-state index contributed by atoms with van der Waals surface area (Å²) in [4.78, 5) is 13.5. The highest BCUT2D eigenvalue weighted by Gasteiger charge is 2.18. The molecule has 124 valence electrons. The van der Waals surface area contributed by atoms with Gasteiger partial charge >= 0.3 is 0 Å². The zero-order chi connectivity index (χ0) is 16.2. The predicted octanol–water partition coefficient (Wildman–Crippen LogP) is 2.28. The molecule has 0 fully saturated rings. The fraction of sp³-hybridized carbons (Fsp3) is 0.267. The fourth-order valence-corrected chi connectivity index (χ4v) is 2.19. The van der Waals surface area contributed by atoms with Crippen LogP contribution in [0.15, 0.2) is 35.5 Å². The topological polar surface area (TPSA) is 112 Å². The number of nitrogens with zero attached hydrogens (tertiary/aromatic N) is 3. The number of aliphatic imine (C=N–C) groups is 1. The van der Waals surface area contributed by atoms with Crippen LogP contribution in [0.5, 0.6) is 0 Å². The van der Waals surface area contributed by atoms with Crippen LogP contribution < -0.4 is 27.4 Å². The quantitative estimate of drug-likeness (QED) is 0.434. The molecule has 0 aliphatic carbocycles. The van der Waals surface area contributed by atoms with Crippen molar-refractivity contribution in [1.82, 2.24) is 20.9 Å². The largest absolute Gasteiger partial charge is 0.352 e. The Morgan fingerprint density at radius 1 is 1.35 bits per heavy atom. The zero-order valence-corrected chi connectivity index (χ0v) is 13.1. The summed E-state index contributed by atoms with van der Waals surface area (Å²) in [7, 11) is 0. The van der Waals surface area contributed by atoms with Crippen LogP contribution in [0.1, 0.15) is 28.7 Å². The van der Waals surface area contributed by atoms with Gasteiger partial charge in [-0.25, -0.2) is 9.98 Å². The molecule has 0 amide bonds. The minimum atomic E-state index is 0. The van der Waals surface area contributed by atoms with Crippen molar-refractivity contribution < 1.29 is 2.85 Å². The molecule has 0 spiro atoms. The van der Waals surface area contributed by atoms with E-state index in [-0.39, 0.29) is 2.85 Å². The Morgan fingerprint density at radius 3 is 2.96 bits per heavy atom. The summed E-state index contributed by atoms with van der Waals surface area (Å²) in [5.41, 5.74) is 7.64. The van der Waals surface area contributed by atoms with Gasteiger partial charge in [0.25, 0.3) is 0 Å². The Hall–Kier alpha value is -2.71. The number of nitrogens with one attached hydrogen (secondary N) is 4. The molecule has 3 rings (SSSR count). The first-order valence-electron chi connectivity index (χ1n) is 7.51. The Labute approximate surface area is 137 Å². The molecule has 6 N–H and O–H groups in total. The molecular formula is C15H24N8. The van der Waals surface area contributed by atoms with Crippen LogP contribution in [0.2, 0.25) is 0 Å². The number of hydrogen-bond donors (Lipinski definition) is 5. The second-order valence-corrected chi connectivity index (χ2v) is 5.28. The van der Waals surface area contributed by atoms with E-state index in [2.05, 4.69) is 50.4 Å². The first-order valence-corrected chi connectivity index (χ1v) is 7.51. The van der Waals surface area contributed by atoms with Gasteiger partial charge in [-0.05, 0) is 25.5 Å². The van der Waals surface area contributed by atoms with E-state index in [0.717, 1.165) is 23.4 Å². The van der Waals surface area contributed by atoms with Crippen molar-refractivity contribution in [3.05, 3.63) is 36.0 Å². The maximum absolute atomic E-state index is 5.39. The second-order valence-electron chi connectivity index (χ2n) is 5.28. The lowest BCUT2D eigenvalue weighted by Gasteiger charge is -2.14. The number of nitrogens with two attached hydrogens (primary N) is 1. The first kappa shape index (κ1) is 15.2. The third-order valence-corrected chi connectivity index (χ3v) is 3.61. The van der Waals surface area contributed by atoms with Crippen molar-refractivity contribution in [2.75, 3.05) is 10.6 Å². The van der Waals surface area contributed by atoms with Gasteiger partial charge in [-0.2, -0.15) is 10.5 Å². The monoisotopic (exact) mass is 316 g/mol. The van der Waals surface area contributed by atoms with Gasteiger partial charge in [-0.1, -0.05) is 19.1 Å². The van der Waals surface area contributed by atoms with Crippen LogP contribution >= 0.6 is 0 Å². The molecule has 2 aromatic rings. The molecule has 1 aliphatic heterocycles. The highest BCUT2D eigenvalue weighted by atomic mass is 15.5. The molecule has 8 nitrogen and oxygen atoms in total. The average Bonchev–Trinajstić information content (AvgIpc) is 2.71. The zero-order valence-electron chi connectivity index (χ0n) is 13.1. The molecule has 1 atom stereocenters. The molecule has 8 heteroatoms. The number of anilines is 3. The van der Waals surface area contributed by atoms with Gasteiger partial charge in [-0.3, -0.25) is 11.3 Å². The van der Waals surface area contributed by atoms with Crippen LogP contribution in [-0.2, 0) is 0 Å². The van der Waals surface area contributed by atoms with Gasteiger partial charge in [0.1, 0.15) is 5.82 Å². The van der Waals surface area contributed by atoms with E-state index in [1.54, 1.807) is 6.20 Å². The number of hydrazine groups is 2. The summed E-state index contributed by atoms with van der Waals surface area (Å²) < 4.78 is 0. The maximum atomic E-state index is 5.39. The molecule has 2 heterocycles. The van der Waals surface area contributed by atoms with Gasteiger partial charge in [0.2, 0.25) is 5.95 Å². The van der Waals surface area contributed by atoms with Crippen molar-refractivity contribution >= 4 is 29.0 Å². The molecule has 1 unspecified atom stereocenters. The number of rotatable bonds is 4. The Morgan fingerprint density at radius 2 is 2.17 bits per heavy atom. The lowest BCUT2D eigenvalue weighted by molar-refractivity contribution is 0.696. The average molecular weight is 316 g/mol. The summed E-state index contributed by atoms with van der Waals surface area (Å²) in [6, 6.07) is 8.03. The molecule has 1 aliphatic rings. The number of aromatic nitrogens is 2. The van der Waals surface area contributed by atoms with Gasteiger partial charge < -0.3 is 10.6 Å². The standard InChI is InChI=1S/C15H20N8.2H2/c1-3-9(2)18-15-17-8-10-13(21-15)19-11-6-4-5-7-12(11)20-14(10)22-23-16;;/h4-9,23H,3,16H2,1-2H3,(H,20,22)(H2,17,18,19,21);2*1H. The van der Waals surface area contributed by atoms with Crippen LogP contribution in [-0.4, -0.2) is 21.8 Å². The molecule has 0 radical (unpaired) electrons. The number of hydrogen-bond acceptors (Lipinski definition) is 8. The molecule has 0 saturated carbocycles. The van der Waals surface area contributed by atoms with E-state index >= 15 is 0 Å². The van der Waals surface area contributed by atoms with Gasteiger partial charge in [0.15, 0.2) is 5.84 Å². The van der Waals surface area contributed by atoms with Crippen LogP contribution in [0.25, 0.3) is 0 Å². The van der Waals surface area contributed by atoms with E-state index in [1.807, 2.05) is 24.3 Å². The van der Waals surface area contributed by atoms with Crippen molar-refractivity contribution in [3.63, 3.8) is 0 Å². The van der Waals surface area contributed by atoms with Crippen LogP contribution in [0.4, 0.5) is 23.1 Å². The lowest BCUT2D eigenvalue weighted by atomic mass is 10.2. The van der Waals surface area contributed by atoms with Crippen molar-refractivity contribution in [2.45, 2.75) is 26.3 Å². The number of benzene rings is 1. The van der Waals surface area contributed by atoms with Gasteiger partial charge in [-0.15, -0.1) is 0 Å². The van der Waals surface area contributed by atoms with E-state index in [4.69, 9.17) is 5.84 Å². The fourth-order valence-electron chi connectivity index (χ4n) is 2.19. The first-order chi connectivity index (χ1) is 11.2. The van der Waals surface area contributed by atoms with Crippen LogP contribution in [0.3, 0.4) is 0 Å². The summed E-state index contributed by atoms with van der Waals surface area (Å²) in [6.07, 6.45) is 2.71. The van der Waals surface area contributed by atoms with Gasteiger partial charge in [0, 0.05) is 15.1 Å². The number of para-hydroxylation sites is 2. The predicted molar refractivity (Wildman–Crippen MR) is 96.0 cm³/mol. The minimum Gasteiger partial charge on any atom is -0.352 e. The van der Waals surface area contributed by atoms with Crippen molar-refractivity contribution in [3.8, 4) is 0 Å². The third-order valence-electron chi connectivity index (χ3n) is 3.61. The summed E-state index contributed by atoms with van der Waals surface area (Å²) in [5.74, 6) is 7.17. The smallest absolute Gasteiger partial charge is 0.224 e. The van der Waals surface area contributed by atoms with Gasteiger partial charge in [0.05, 0.1) is 16.9 Å². The summed E-state index contributed by atoms with van der Waals surface area (Å²) in [6.45, 7) is 4.20. The van der Waals surface area contributed by atoms with E-state index in [9.17, 15) is 0 Å². The minimum absolute atomic E-state index is 0. The van der Waals surface area contributed by atoms with Crippen LogP contribution in [0, 0.1) is 0 Å². The van der Waals surface area contributed by atoms with E-state index < -0.39 is 0 Å². The Kier molecular flexibility index (Phi) is 4.35. The third kappa shape index (κ3) is 3.22. The SMILES string of the molecule is CCC(C)Nc1ncc2c(n1)Nc1ccccc1N=C2NNN.[HH].[HH]. The van der Waals surface area contributed by atoms with Crippen molar-refractivity contribution in [2.24, 2.45) is 10.8 Å². The Bertz CT molecular complexity index is 737. The maximum Gasteiger partial charge on any atom is 0.224 e. The van der Waals surface area contributed by atoms with E-state index in [0.29, 0.717) is 23.6 Å².